The Balaban J connectivity index is 1.10. The fourth-order valence-electron chi connectivity index (χ4n) is 10.9. The second-order valence-corrected chi connectivity index (χ2v) is 20.6. The molecule has 3 amide bonds. The summed E-state index contributed by atoms with van der Waals surface area (Å²) in [6, 6.07) is -1.76. The van der Waals surface area contributed by atoms with Crippen LogP contribution in [0.25, 0.3) is 11.3 Å². The second kappa shape index (κ2) is 26.6. The number of ether oxygens (including phenoxy) is 7. The van der Waals surface area contributed by atoms with Gasteiger partial charge >= 0.3 is 5.97 Å². The number of aryl methyl sites for hydroxylation is 1. The number of carbonyl (C=O) groups is 4. The number of hydrogen-bond donors (Lipinski definition) is 12. The molecule has 28 heteroatoms. The molecule has 4 heterocycles. The van der Waals surface area contributed by atoms with Crippen LogP contribution in [0, 0.1) is 30.4 Å². The van der Waals surface area contributed by atoms with E-state index in [-0.39, 0.29) is 55.2 Å². The van der Waals surface area contributed by atoms with E-state index in [0.717, 1.165) is 49.8 Å². The average Bonchev–Trinajstić information content (AvgIpc) is 3.87. The molecule has 3 saturated heterocycles. The van der Waals surface area contributed by atoms with Gasteiger partial charge in [-0.3, -0.25) is 14.4 Å². The summed E-state index contributed by atoms with van der Waals surface area (Å²) in [4.78, 5) is 52.7. The molecule has 2 aromatic rings. The van der Waals surface area contributed by atoms with Gasteiger partial charge in [0.2, 0.25) is 17.7 Å². The van der Waals surface area contributed by atoms with E-state index < -0.39 is 171 Å². The van der Waals surface area contributed by atoms with Gasteiger partial charge in [0.15, 0.2) is 36.6 Å². The molecule has 9 unspecified atom stereocenters. The molecule has 0 radical (unpaired) electrons. The fraction of sp³-hybridized carbons (Fsp3) is 0.755. The van der Waals surface area contributed by atoms with Crippen LogP contribution in [0.1, 0.15) is 83.7 Å². The van der Waals surface area contributed by atoms with Gasteiger partial charge in [0.05, 0.1) is 44.3 Å². The summed E-state index contributed by atoms with van der Waals surface area (Å²) in [5.41, 5.74) is 0.218. The number of nitrogens with zero attached hydrogens (tertiary/aromatic N) is 3. The highest BCUT2D eigenvalue weighted by molar-refractivity contribution is 5.79. The van der Waals surface area contributed by atoms with Crippen molar-refractivity contribution in [2.75, 3.05) is 26.4 Å². The number of aliphatic hydroxyl groups excluding tert-OH is 8. The largest absolute Gasteiger partial charge is 0.479 e. The predicted octanol–water partition coefficient (Wildman–Crippen LogP) is -2.45. The molecule has 0 spiro atoms. The Kier molecular flexibility index (Phi) is 20.8. The number of aliphatic carboxylic acids is 1. The van der Waals surface area contributed by atoms with Gasteiger partial charge in [-0.2, -0.15) is 0 Å². The van der Waals surface area contributed by atoms with E-state index in [9.17, 15) is 73.9 Å². The van der Waals surface area contributed by atoms with Gasteiger partial charge in [-0.25, -0.2) is 18.3 Å². The average molecular weight is 1100 g/mol. The zero-order chi connectivity index (χ0) is 56.0. The van der Waals surface area contributed by atoms with E-state index in [0.29, 0.717) is 0 Å². The van der Waals surface area contributed by atoms with Crippen molar-refractivity contribution < 1.29 is 107 Å². The monoisotopic (exact) mass is 1100 g/mol. The molecule has 26 nitrogen and oxygen atoms in total. The molecular weight excluding hydrogens is 1030 g/mol. The first-order valence-corrected chi connectivity index (χ1v) is 25.9. The quantitative estimate of drug-likeness (QED) is 0.0612. The predicted molar refractivity (Wildman–Crippen MR) is 255 cm³/mol. The molecule has 20 atom stereocenters. The minimum atomic E-state index is -1.86. The number of carboxylic acid groups (broad SMARTS) is 1. The van der Waals surface area contributed by atoms with Gasteiger partial charge in [0.25, 0.3) is 0 Å². The lowest BCUT2D eigenvalue weighted by Crippen LogP contribution is -2.68. The molecule has 5 fully saturated rings. The van der Waals surface area contributed by atoms with Crippen molar-refractivity contribution in [1.29, 1.82) is 0 Å². The van der Waals surface area contributed by atoms with Crippen molar-refractivity contribution in [2.24, 2.45) is 11.8 Å². The maximum Gasteiger partial charge on any atom is 0.332 e. The third-order valence-electron chi connectivity index (χ3n) is 14.9. The lowest BCUT2D eigenvalue weighted by molar-refractivity contribution is -0.335. The van der Waals surface area contributed by atoms with E-state index >= 15 is 0 Å². The number of aromatic nitrogens is 3. The Morgan fingerprint density at radius 3 is 2.13 bits per heavy atom. The zero-order valence-corrected chi connectivity index (χ0v) is 43.0. The molecule has 3 aliphatic heterocycles. The van der Waals surface area contributed by atoms with E-state index in [1.165, 1.54) is 33.0 Å². The minimum Gasteiger partial charge on any atom is -0.479 e. The first kappa shape index (κ1) is 60.1. The maximum absolute atomic E-state index is 14.3. The molecule has 12 N–H and O–H groups in total. The van der Waals surface area contributed by atoms with Crippen molar-refractivity contribution in [1.82, 2.24) is 30.9 Å². The highest BCUT2D eigenvalue weighted by Gasteiger charge is 2.54. The first-order chi connectivity index (χ1) is 36.6. The first-order valence-electron chi connectivity index (χ1n) is 25.9. The molecular formula is C49H72F2N6O20. The van der Waals surface area contributed by atoms with Crippen molar-refractivity contribution in [3.05, 3.63) is 35.5 Å². The highest BCUT2D eigenvalue weighted by Crippen LogP contribution is 2.38. The smallest absolute Gasteiger partial charge is 0.332 e. The van der Waals surface area contributed by atoms with Crippen molar-refractivity contribution >= 4 is 23.7 Å². The van der Waals surface area contributed by atoms with Crippen LogP contribution in [0.3, 0.4) is 0 Å². The van der Waals surface area contributed by atoms with Crippen LogP contribution in [0.5, 0.6) is 0 Å². The van der Waals surface area contributed by atoms with Crippen LogP contribution >= 0.6 is 0 Å². The lowest BCUT2D eigenvalue weighted by Gasteiger charge is -2.49. The topological polar surface area (TPSA) is 382 Å². The van der Waals surface area contributed by atoms with Crippen LogP contribution in [0.15, 0.2) is 18.3 Å². The Morgan fingerprint density at radius 1 is 0.805 bits per heavy atom. The SMILES string of the molecule is CC(=O)NC1C(O[C@@H](CC2CCCCC2)C(=O)O)[C@@H](O)[C@H](CO)O[C@H]1O[C@@H]1CC(C(=O)NCCO[C@H]2OC(CO)[C@@H](O)C(n3cc(-c4cc(C)c(F)c(F)c4)nn3)C2O)CC(NC(C)=O)[C@H]1O[C@@H]1OC(C)[C@@H](O)[C@H](O)C1O. The van der Waals surface area contributed by atoms with E-state index in [4.69, 9.17) is 33.2 Å². The number of nitrogens with one attached hydrogen (secondary N) is 3. The number of benzene rings is 1. The van der Waals surface area contributed by atoms with Crippen LogP contribution < -0.4 is 16.0 Å². The highest BCUT2D eigenvalue weighted by atomic mass is 19.2. The van der Waals surface area contributed by atoms with Gasteiger partial charge in [-0.1, -0.05) is 37.3 Å². The van der Waals surface area contributed by atoms with Gasteiger partial charge < -0.3 is 95.1 Å². The summed E-state index contributed by atoms with van der Waals surface area (Å²) in [6.07, 6.45) is -19.6. The number of carbonyl (C=O) groups excluding carboxylic acids is 3. The number of rotatable bonds is 20. The summed E-state index contributed by atoms with van der Waals surface area (Å²) in [7, 11) is 0. The molecule has 2 saturated carbocycles. The molecule has 1 aromatic heterocycles. The zero-order valence-electron chi connectivity index (χ0n) is 43.0. The maximum atomic E-state index is 14.3. The molecule has 7 rings (SSSR count). The van der Waals surface area contributed by atoms with Crippen molar-refractivity contribution in [3.8, 4) is 11.3 Å². The normalized spacial score (nSPS) is 36.4. The molecule has 2 aliphatic carbocycles. The number of hydrogen-bond acceptors (Lipinski definition) is 21. The molecule has 5 aliphatic rings. The number of aliphatic hydroxyl groups is 8. The van der Waals surface area contributed by atoms with Crippen LogP contribution in [0.2, 0.25) is 0 Å². The molecule has 1 aromatic carbocycles. The Hall–Kier alpha value is -4.50. The van der Waals surface area contributed by atoms with Crippen molar-refractivity contribution in [3.63, 3.8) is 0 Å². The van der Waals surface area contributed by atoms with E-state index in [1.54, 1.807) is 0 Å². The van der Waals surface area contributed by atoms with Crippen LogP contribution in [-0.2, 0) is 52.3 Å². The summed E-state index contributed by atoms with van der Waals surface area (Å²) in [5, 5.41) is 113. The van der Waals surface area contributed by atoms with Gasteiger partial charge in [-0.05, 0) is 56.7 Å². The van der Waals surface area contributed by atoms with Gasteiger partial charge in [-0.15, -0.1) is 5.10 Å². The number of carboxylic acids is 1. The third kappa shape index (κ3) is 14.3. The summed E-state index contributed by atoms with van der Waals surface area (Å²) in [5.74, 6) is -6.54. The minimum absolute atomic E-state index is 0.00491. The summed E-state index contributed by atoms with van der Waals surface area (Å²) < 4.78 is 71.7. The Labute approximate surface area is 441 Å². The Morgan fingerprint density at radius 2 is 1.48 bits per heavy atom. The summed E-state index contributed by atoms with van der Waals surface area (Å²) >= 11 is 0. The molecule has 432 valence electrons. The fourth-order valence-corrected chi connectivity index (χ4v) is 10.9. The van der Waals surface area contributed by atoms with Crippen LogP contribution in [0.4, 0.5) is 8.78 Å². The summed E-state index contributed by atoms with van der Waals surface area (Å²) in [6.45, 7) is 2.91. The lowest BCUT2D eigenvalue weighted by atomic mass is 9.80. The third-order valence-corrected chi connectivity index (χ3v) is 14.9. The van der Waals surface area contributed by atoms with Gasteiger partial charge in [0.1, 0.15) is 78.8 Å². The molecule has 77 heavy (non-hydrogen) atoms. The van der Waals surface area contributed by atoms with Crippen molar-refractivity contribution in [2.45, 2.75) is 195 Å². The van der Waals surface area contributed by atoms with Crippen LogP contribution in [-0.4, -0.2) is 221 Å². The van der Waals surface area contributed by atoms with Gasteiger partial charge in [0, 0.05) is 31.9 Å². The van der Waals surface area contributed by atoms with E-state index in [1.807, 2.05) is 0 Å². The Bertz CT molecular complexity index is 2300. The number of amides is 3. The second-order valence-electron chi connectivity index (χ2n) is 20.6. The van der Waals surface area contributed by atoms with E-state index in [2.05, 4.69) is 26.3 Å². The standard InChI is InChI=1S/C49H72F2N6O20/c1-20-12-25(14-27(50)34(20)51)29-17-57(56-55-29)36-38(63)32(18-58)76-48(40(36)65)71-11-10-52-45(68)26-15-28(53-22(3)60)43(77-49-42(67)41(66)37(62)21(2)72-49)30(16-26)74-47-35(54-23(4)61)44(39(64)33(19-59)75-47)73-31(46(69)70)13-24-8-6-5-7-9-24/h12,14,17,21,24,26,28,30-33,35-44,47-49,58-59,62-67H,5-11,13,15-16,18-19H2,1-4H3,(H,52,68)(H,53,60)(H,54,61)(H,69,70)/t21?,26?,28?,30-,31+,32?,33+,35?,36?,37-,38-,39+,40?,41+,42?,43-,44?,47-,48+,49+/m1/s1. The number of halogens is 2. The molecule has 0 bridgehead atoms.